The van der Waals surface area contributed by atoms with Gasteiger partial charge in [0.25, 0.3) is 5.91 Å². The van der Waals surface area contributed by atoms with Gasteiger partial charge < -0.3 is 20.2 Å². The van der Waals surface area contributed by atoms with Crippen molar-refractivity contribution in [3.05, 3.63) is 70.9 Å². The van der Waals surface area contributed by atoms with Crippen LogP contribution in [0.1, 0.15) is 6.92 Å². The molecule has 0 aliphatic rings. The van der Waals surface area contributed by atoms with Crippen LogP contribution in [-0.2, 0) is 4.79 Å². The maximum absolute atomic E-state index is 12.4. The first-order chi connectivity index (χ1) is 12.1. The Hall–Kier alpha value is -3.48. The molecule has 126 valence electrons. The van der Waals surface area contributed by atoms with Gasteiger partial charge in [-0.15, -0.1) is 0 Å². The van der Waals surface area contributed by atoms with E-state index in [0.717, 1.165) is 10.8 Å². The molecule has 0 fully saturated rings. The first-order valence-electron chi connectivity index (χ1n) is 7.61. The van der Waals surface area contributed by atoms with E-state index >= 15 is 0 Å². The number of aromatic nitrogens is 1. The lowest BCUT2D eigenvalue weighted by molar-refractivity contribution is -0.390. The van der Waals surface area contributed by atoms with Gasteiger partial charge in [-0.1, -0.05) is 36.4 Å². The molecule has 7 heteroatoms. The molecule has 7 nitrogen and oxygen atoms in total. The highest BCUT2D eigenvalue weighted by atomic mass is 16.6. The largest absolute Gasteiger partial charge is 0.473 e. The second-order valence-electron chi connectivity index (χ2n) is 5.36. The Bertz CT molecular complexity index is 937. The lowest BCUT2D eigenvalue weighted by atomic mass is 10.1. The predicted molar refractivity (Wildman–Crippen MR) is 93.6 cm³/mol. The van der Waals surface area contributed by atoms with Gasteiger partial charge in [0.1, 0.15) is 6.20 Å². The van der Waals surface area contributed by atoms with Crippen molar-refractivity contribution < 1.29 is 14.5 Å². The fourth-order valence-corrected chi connectivity index (χ4v) is 2.42. The molecule has 0 aliphatic carbocycles. The number of nitrogens with one attached hydrogen (secondary N) is 1. The summed E-state index contributed by atoms with van der Waals surface area (Å²) in [6, 6.07) is 16.2. The maximum Gasteiger partial charge on any atom is 0.406 e. The van der Waals surface area contributed by atoms with Crippen LogP contribution in [0.2, 0.25) is 0 Å². The molecule has 1 amide bonds. The van der Waals surface area contributed by atoms with Crippen molar-refractivity contribution in [2.24, 2.45) is 0 Å². The van der Waals surface area contributed by atoms with E-state index in [9.17, 15) is 14.9 Å². The Morgan fingerprint density at radius 1 is 1.16 bits per heavy atom. The molecule has 0 radical (unpaired) electrons. The summed E-state index contributed by atoms with van der Waals surface area (Å²) in [5, 5.41) is 15.7. The molecule has 1 atom stereocenters. The van der Waals surface area contributed by atoms with E-state index in [1.165, 1.54) is 25.3 Å². The van der Waals surface area contributed by atoms with Crippen LogP contribution in [0.4, 0.5) is 11.5 Å². The van der Waals surface area contributed by atoms with E-state index in [4.69, 9.17) is 4.74 Å². The van der Waals surface area contributed by atoms with Crippen molar-refractivity contribution in [2.75, 3.05) is 5.32 Å². The maximum atomic E-state index is 12.4. The monoisotopic (exact) mass is 337 g/mol. The number of pyridine rings is 1. The van der Waals surface area contributed by atoms with Gasteiger partial charge >= 0.3 is 5.82 Å². The molecule has 3 aromatic rings. The molecular formula is C18H15N3O4. The van der Waals surface area contributed by atoms with Crippen molar-refractivity contribution in [2.45, 2.75) is 13.0 Å². The third-order valence-electron chi connectivity index (χ3n) is 3.64. The van der Waals surface area contributed by atoms with Gasteiger partial charge in [-0.25, -0.2) is 0 Å². The zero-order chi connectivity index (χ0) is 17.8. The van der Waals surface area contributed by atoms with E-state index in [1.807, 2.05) is 36.4 Å². The van der Waals surface area contributed by atoms with Crippen LogP contribution in [0.3, 0.4) is 0 Å². The summed E-state index contributed by atoms with van der Waals surface area (Å²) >= 11 is 0. The highest BCUT2D eigenvalue weighted by Gasteiger charge is 2.22. The number of nitro groups is 1. The van der Waals surface area contributed by atoms with Gasteiger partial charge in [0.2, 0.25) is 5.75 Å². The first kappa shape index (κ1) is 16.4. The van der Waals surface area contributed by atoms with Crippen LogP contribution in [0.15, 0.2) is 60.8 Å². The van der Waals surface area contributed by atoms with E-state index in [0.29, 0.717) is 5.69 Å². The molecule has 0 bridgehead atoms. The number of rotatable bonds is 5. The Balaban J connectivity index is 1.78. The van der Waals surface area contributed by atoms with Gasteiger partial charge in [-0.3, -0.25) is 4.79 Å². The fourth-order valence-electron chi connectivity index (χ4n) is 2.42. The zero-order valence-corrected chi connectivity index (χ0v) is 13.4. The van der Waals surface area contributed by atoms with Crippen molar-refractivity contribution in [3.63, 3.8) is 0 Å². The van der Waals surface area contributed by atoms with Crippen LogP contribution in [0, 0.1) is 10.1 Å². The summed E-state index contributed by atoms with van der Waals surface area (Å²) in [4.78, 5) is 26.4. The van der Waals surface area contributed by atoms with Crippen LogP contribution in [0.25, 0.3) is 10.8 Å². The highest BCUT2D eigenvalue weighted by molar-refractivity contribution is 6.03. The number of benzene rings is 2. The molecule has 1 aromatic heterocycles. The van der Waals surface area contributed by atoms with Gasteiger partial charge in [0, 0.05) is 11.1 Å². The van der Waals surface area contributed by atoms with Gasteiger partial charge in [-0.2, -0.15) is 0 Å². The summed E-state index contributed by atoms with van der Waals surface area (Å²) in [6.45, 7) is 1.52. The summed E-state index contributed by atoms with van der Waals surface area (Å²) in [7, 11) is 0. The molecule has 2 aromatic carbocycles. The number of carbonyl (C=O) groups is 1. The van der Waals surface area contributed by atoms with E-state index in [-0.39, 0.29) is 5.75 Å². The number of hydrogen-bond acceptors (Lipinski definition) is 5. The lowest BCUT2D eigenvalue weighted by Gasteiger charge is -2.15. The van der Waals surface area contributed by atoms with Crippen LogP contribution < -0.4 is 10.1 Å². The Morgan fingerprint density at radius 3 is 2.72 bits per heavy atom. The summed E-state index contributed by atoms with van der Waals surface area (Å²) in [5.74, 6) is -0.880. The number of carbonyl (C=O) groups excluding carboxylic acids is 1. The minimum absolute atomic E-state index is 0.0481. The summed E-state index contributed by atoms with van der Waals surface area (Å²) in [6.07, 6.45) is 0.369. The number of fused-ring (bicyclic) bond motifs is 1. The third kappa shape index (κ3) is 3.55. The molecule has 0 aliphatic heterocycles. The molecule has 0 saturated heterocycles. The van der Waals surface area contributed by atoms with Crippen LogP contribution in [-0.4, -0.2) is 21.9 Å². The second kappa shape index (κ2) is 6.96. The molecule has 0 spiro atoms. The van der Waals surface area contributed by atoms with E-state index in [1.54, 1.807) is 6.07 Å². The average molecular weight is 337 g/mol. The topological polar surface area (TPSA) is 94.4 Å². The van der Waals surface area contributed by atoms with Crippen molar-refractivity contribution in [1.29, 1.82) is 0 Å². The number of hydrogen-bond donors (Lipinski definition) is 1. The Kier molecular flexibility index (Phi) is 4.56. The van der Waals surface area contributed by atoms with Gasteiger partial charge in [-0.05, 0) is 40.4 Å². The van der Waals surface area contributed by atoms with E-state index in [2.05, 4.69) is 10.3 Å². The van der Waals surface area contributed by atoms with Crippen LogP contribution >= 0.6 is 0 Å². The van der Waals surface area contributed by atoms with Crippen LogP contribution in [0.5, 0.6) is 5.75 Å². The van der Waals surface area contributed by atoms with Gasteiger partial charge in [0.05, 0.1) is 0 Å². The minimum Gasteiger partial charge on any atom is -0.473 e. The minimum atomic E-state index is -0.929. The first-order valence-corrected chi connectivity index (χ1v) is 7.61. The molecule has 25 heavy (non-hydrogen) atoms. The number of amides is 1. The highest BCUT2D eigenvalue weighted by Crippen LogP contribution is 2.26. The fraction of sp³-hybridized carbons (Fsp3) is 0.111. The van der Waals surface area contributed by atoms with Crippen molar-refractivity contribution in [3.8, 4) is 5.75 Å². The molecule has 0 saturated carbocycles. The predicted octanol–water partition coefficient (Wildman–Crippen LogP) is 3.55. The SMILES string of the molecule is C[C@H](Oc1cccnc1[N+](=O)[O-])C(=O)Nc1cccc2ccccc12. The second-order valence-corrected chi connectivity index (χ2v) is 5.36. The Morgan fingerprint density at radius 2 is 1.92 bits per heavy atom. The number of ether oxygens (including phenoxy) is 1. The molecule has 1 N–H and O–H groups in total. The lowest BCUT2D eigenvalue weighted by Crippen LogP contribution is -2.30. The third-order valence-corrected chi connectivity index (χ3v) is 3.64. The molecule has 1 heterocycles. The van der Waals surface area contributed by atoms with E-state index < -0.39 is 22.8 Å². The quantitative estimate of drug-likeness (QED) is 0.567. The molecular weight excluding hydrogens is 322 g/mol. The normalized spacial score (nSPS) is 11.7. The van der Waals surface area contributed by atoms with Gasteiger partial charge in [0.15, 0.2) is 6.10 Å². The Labute approximate surface area is 143 Å². The summed E-state index contributed by atoms with van der Waals surface area (Å²) < 4.78 is 5.44. The van der Waals surface area contributed by atoms with Crippen molar-refractivity contribution >= 4 is 28.2 Å². The standard InChI is InChI=1S/C18H15N3O4/c1-12(25-16-10-5-11-19-17(16)21(23)24)18(22)20-15-9-4-7-13-6-2-3-8-14(13)15/h2-12H,1H3,(H,20,22)/t12-/m0/s1. The zero-order valence-electron chi connectivity index (χ0n) is 13.4. The number of anilines is 1. The number of nitrogens with zero attached hydrogens (tertiary/aromatic N) is 2. The molecule has 3 rings (SSSR count). The molecule has 0 unspecified atom stereocenters. The summed E-state index contributed by atoms with van der Waals surface area (Å²) in [5.41, 5.74) is 0.652. The van der Waals surface area contributed by atoms with Crippen molar-refractivity contribution in [1.82, 2.24) is 4.98 Å². The smallest absolute Gasteiger partial charge is 0.406 e. The average Bonchev–Trinajstić information content (AvgIpc) is 2.62.